The Morgan fingerprint density at radius 2 is 2.10 bits per heavy atom. The van der Waals surface area contributed by atoms with Crippen molar-refractivity contribution in [2.45, 2.75) is 64.0 Å². The lowest BCUT2D eigenvalue weighted by molar-refractivity contribution is -0.122. The van der Waals surface area contributed by atoms with Gasteiger partial charge in [0.2, 0.25) is 5.91 Å². The van der Waals surface area contributed by atoms with Crippen LogP contribution in [0.25, 0.3) is 0 Å². The molecule has 3 rings (SSSR count). The molecule has 0 aromatic heterocycles. The van der Waals surface area contributed by atoms with Gasteiger partial charge in [0.05, 0.1) is 0 Å². The molecule has 4 nitrogen and oxygen atoms in total. The minimum atomic E-state index is -0.178. The van der Waals surface area contributed by atoms with Crippen LogP contribution in [-0.2, 0) is 4.79 Å². The molecule has 2 fully saturated rings. The van der Waals surface area contributed by atoms with Crippen molar-refractivity contribution in [1.82, 2.24) is 10.6 Å². The molecular formula is C15H25N3OS. The molecule has 1 atom stereocenters. The number of aliphatic imine (C=N–C) groups is 1. The van der Waals surface area contributed by atoms with E-state index in [1.54, 1.807) is 0 Å². The Hall–Kier alpha value is -0.710. The van der Waals surface area contributed by atoms with Crippen LogP contribution in [0.15, 0.2) is 4.99 Å². The first-order chi connectivity index (χ1) is 9.67. The zero-order valence-electron chi connectivity index (χ0n) is 12.3. The molecule has 0 aromatic carbocycles. The van der Waals surface area contributed by atoms with Crippen LogP contribution < -0.4 is 10.6 Å². The largest absolute Gasteiger partial charge is 0.353 e. The lowest BCUT2D eigenvalue weighted by Crippen LogP contribution is -2.46. The molecule has 112 valence electrons. The maximum atomic E-state index is 11.9. The molecule has 1 amide bonds. The fourth-order valence-electron chi connectivity index (χ4n) is 3.05. The lowest BCUT2D eigenvalue weighted by atomic mass is 9.75. The third kappa shape index (κ3) is 3.48. The fraction of sp³-hybridized carbons (Fsp3) is 0.867. The Morgan fingerprint density at radius 3 is 2.70 bits per heavy atom. The van der Waals surface area contributed by atoms with E-state index in [1.165, 1.54) is 32.1 Å². The highest BCUT2D eigenvalue weighted by Crippen LogP contribution is 2.41. The fourth-order valence-corrected chi connectivity index (χ4v) is 4.29. The third-order valence-electron chi connectivity index (χ3n) is 4.64. The van der Waals surface area contributed by atoms with Crippen molar-refractivity contribution in [3.8, 4) is 0 Å². The van der Waals surface area contributed by atoms with Crippen molar-refractivity contribution in [2.24, 2.45) is 10.4 Å². The number of amidine groups is 1. The standard InChI is InChI=1S/C15H25N3OS/c1-11(13(19)18-12-5-6-12)17-14-16-9-15(10-20-14)7-3-2-4-8-15/h11-12H,2-10H2,1H3,(H,16,17)(H,18,19). The molecule has 0 saturated heterocycles. The van der Waals surface area contributed by atoms with Gasteiger partial charge < -0.3 is 10.6 Å². The number of nitrogens with zero attached hydrogens (tertiary/aromatic N) is 1. The summed E-state index contributed by atoms with van der Waals surface area (Å²) >= 11 is 1.81. The van der Waals surface area contributed by atoms with Gasteiger partial charge in [-0.25, -0.2) is 0 Å². The van der Waals surface area contributed by atoms with Crippen LogP contribution in [0.5, 0.6) is 0 Å². The molecule has 2 aliphatic carbocycles. The lowest BCUT2D eigenvalue weighted by Gasteiger charge is -2.38. The summed E-state index contributed by atoms with van der Waals surface area (Å²) in [6, 6.07) is 0.250. The Kier molecular flexibility index (Phi) is 4.24. The minimum Gasteiger partial charge on any atom is -0.353 e. The molecular weight excluding hydrogens is 270 g/mol. The van der Waals surface area contributed by atoms with Gasteiger partial charge in [0.1, 0.15) is 6.04 Å². The maximum Gasteiger partial charge on any atom is 0.242 e. The summed E-state index contributed by atoms with van der Waals surface area (Å²) in [6.07, 6.45) is 9.04. The van der Waals surface area contributed by atoms with Gasteiger partial charge in [0, 0.05) is 18.3 Å². The second-order valence-electron chi connectivity index (χ2n) is 6.62. The van der Waals surface area contributed by atoms with Crippen LogP contribution in [0.2, 0.25) is 0 Å². The number of thioether (sulfide) groups is 1. The van der Waals surface area contributed by atoms with Gasteiger partial charge in [-0.05, 0) is 38.0 Å². The smallest absolute Gasteiger partial charge is 0.242 e. The van der Waals surface area contributed by atoms with E-state index in [-0.39, 0.29) is 11.9 Å². The normalized spacial score (nSPS) is 26.8. The van der Waals surface area contributed by atoms with E-state index < -0.39 is 0 Å². The maximum absolute atomic E-state index is 11.9. The average molecular weight is 295 g/mol. The predicted octanol–water partition coefficient (Wildman–Crippen LogP) is 2.30. The monoisotopic (exact) mass is 295 g/mol. The molecule has 1 unspecified atom stereocenters. The first-order valence-electron chi connectivity index (χ1n) is 7.91. The molecule has 0 radical (unpaired) electrons. The number of amides is 1. The number of carbonyl (C=O) groups excluding carboxylic acids is 1. The number of hydrogen-bond acceptors (Lipinski definition) is 4. The van der Waals surface area contributed by atoms with E-state index in [2.05, 4.69) is 10.6 Å². The van der Waals surface area contributed by atoms with Gasteiger partial charge in [-0.1, -0.05) is 31.0 Å². The highest BCUT2D eigenvalue weighted by molar-refractivity contribution is 8.13. The summed E-state index contributed by atoms with van der Waals surface area (Å²) in [4.78, 5) is 16.6. The topological polar surface area (TPSA) is 53.5 Å². The molecule has 0 bridgehead atoms. The molecule has 20 heavy (non-hydrogen) atoms. The highest BCUT2D eigenvalue weighted by Gasteiger charge is 2.35. The average Bonchev–Trinajstić information content (AvgIpc) is 3.26. The van der Waals surface area contributed by atoms with E-state index in [1.807, 2.05) is 18.7 Å². The number of carbonyl (C=O) groups is 1. The summed E-state index contributed by atoms with van der Waals surface area (Å²) < 4.78 is 0. The Labute approximate surface area is 125 Å². The first-order valence-corrected chi connectivity index (χ1v) is 8.90. The molecule has 0 aromatic rings. The second-order valence-corrected chi connectivity index (χ2v) is 7.58. The van der Waals surface area contributed by atoms with Gasteiger partial charge in [-0.3, -0.25) is 9.79 Å². The van der Waals surface area contributed by atoms with E-state index in [4.69, 9.17) is 4.99 Å². The van der Waals surface area contributed by atoms with Crippen molar-refractivity contribution < 1.29 is 4.79 Å². The van der Waals surface area contributed by atoms with Gasteiger partial charge >= 0.3 is 0 Å². The van der Waals surface area contributed by atoms with Gasteiger partial charge in [0.25, 0.3) is 0 Å². The van der Waals surface area contributed by atoms with Crippen LogP contribution in [0.3, 0.4) is 0 Å². The summed E-state index contributed by atoms with van der Waals surface area (Å²) in [5, 5.41) is 7.27. The van der Waals surface area contributed by atoms with E-state index in [9.17, 15) is 4.79 Å². The molecule has 5 heteroatoms. The van der Waals surface area contributed by atoms with E-state index in [0.29, 0.717) is 11.5 Å². The number of hydrogen-bond donors (Lipinski definition) is 2. The molecule has 1 aliphatic heterocycles. The van der Waals surface area contributed by atoms with Crippen molar-refractivity contribution in [3.05, 3.63) is 0 Å². The zero-order chi connectivity index (χ0) is 14.0. The Bertz CT molecular complexity index is 400. The summed E-state index contributed by atoms with van der Waals surface area (Å²) in [5.74, 6) is 1.27. The minimum absolute atomic E-state index is 0.105. The Morgan fingerprint density at radius 1 is 1.35 bits per heavy atom. The van der Waals surface area contributed by atoms with Crippen molar-refractivity contribution >= 4 is 22.8 Å². The van der Waals surface area contributed by atoms with E-state index >= 15 is 0 Å². The molecule has 1 spiro atoms. The third-order valence-corrected chi connectivity index (χ3v) is 5.92. The molecule has 2 saturated carbocycles. The Balaban J connectivity index is 1.49. The van der Waals surface area contributed by atoms with Gasteiger partial charge in [-0.15, -0.1) is 0 Å². The van der Waals surface area contributed by atoms with Crippen LogP contribution >= 0.6 is 11.8 Å². The van der Waals surface area contributed by atoms with Gasteiger partial charge in [0.15, 0.2) is 5.17 Å². The molecule has 2 N–H and O–H groups in total. The van der Waals surface area contributed by atoms with Crippen LogP contribution in [0.4, 0.5) is 0 Å². The molecule has 3 aliphatic rings. The van der Waals surface area contributed by atoms with Crippen LogP contribution in [-0.4, -0.2) is 35.5 Å². The number of rotatable bonds is 3. The van der Waals surface area contributed by atoms with Crippen LogP contribution in [0.1, 0.15) is 51.9 Å². The highest BCUT2D eigenvalue weighted by atomic mass is 32.2. The van der Waals surface area contributed by atoms with Crippen molar-refractivity contribution in [1.29, 1.82) is 0 Å². The summed E-state index contributed by atoms with van der Waals surface area (Å²) in [6.45, 7) is 2.87. The zero-order valence-corrected chi connectivity index (χ0v) is 13.1. The van der Waals surface area contributed by atoms with E-state index in [0.717, 1.165) is 30.3 Å². The first kappa shape index (κ1) is 14.2. The SMILES string of the molecule is CC(NC1=NCC2(CCCCC2)CS1)C(=O)NC1CC1. The van der Waals surface area contributed by atoms with Crippen molar-refractivity contribution in [2.75, 3.05) is 12.3 Å². The number of nitrogens with one attached hydrogen (secondary N) is 2. The summed E-state index contributed by atoms with van der Waals surface area (Å²) in [5.41, 5.74) is 0.452. The second kappa shape index (κ2) is 5.96. The van der Waals surface area contributed by atoms with Crippen molar-refractivity contribution in [3.63, 3.8) is 0 Å². The molecule has 1 heterocycles. The predicted molar refractivity (Wildman–Crippen MR) is 84.0 cm³/mol. The van der Waals surface area contributed by atoms with Gasteiger partial charge in [-0.2, -0.15) is 0 Å². The quantitative estimate of drug-likeness (QED) is 0.840. The van der Waals surface area contributed by atoms with Crippen LogP contribution in [0, 0.1) is 5.41 Å². The summed E-state index contributed by atoms with van der Waals surface area (Å²) in [7, 11) is 0.